The van der Waals surface area contributed by atoms with Crippen molar-refractivity contribution >= 4 is 11.6 Å². The van der Waals surface area contributed by atoms with E-state index in [9.17, 15) is 9.18 Å². The molecule has 0 N–H and O–H groups in total. The fraction of sp³-hybridized carbons (Fsp3) is 0.286. The summed E-state index contributed by atoms with van der Waals surface area (Å²) in [5, 5.41) is 4.11. The number of amides is 1. The molecule has 27 heavy (non-hydrogen) atoms. The van der Waals surface area contributed by atoms with E-state index in [0.717, 1.165) is 16.7 Å². The molecule has 138 valence electrons. The third kappa shape index (κ3) is 3.23. The van der Waals surface area contributed by atoms with Gasteiger partial charge >= 0.3 is 0 Å². The van der Waals surface area contributed by atoms with Crippen molar-refractivity contribution in [2.45, 2.75) is 33.1 Å². The third-order valence-electron chi connectivity index (χ3n) is 5.02. The van der Waals surface area contributed by atoms with Gasteiger partial charge in [0.15, 0.2) is 0 Å². The van der Waals surface area contributed by atoms with Gasteiger partial charge < -0.3 is 9.42 Å². The molecule has 0 bridgehead atoms. The van der Waals surface area contributed by atoms with Gasteiger partial charge in [-0.15, -0.1) is 0 Å². The fourth-order valence-corrected chi connectivity index (χ4v) is 3.36. The smallest absolute Gasteiger partial charge is 0.232 e. The Morgan fingerprint density at radius 2 is 1.89 bits per heavy atom. The minimum absolute atomic E-state index is 0.0743. The molecule has 5 nitrogen and oxygen atoms in total. The number of halogens is 1. The Hall–Kier alpha value is -3.02. The Kier molecular flexibility index (Phi) is 4.26. The van der Waals surface area contributed by atoms with Crippen LogP contribution in [-0.4, -0.2) is 22.6 Å². The van der Waals surface area contributed by atoms with E-state index >= 15 is 0 Å². The Morgan fingerprint density at radius 3 is 2.67 bits per heavy atom. The molecule has 1 amide bonds. The lowest BCUT2D eigenvalue weighted by molar-refractivity contribution is -0.117. The molecule has 0 aliphatic carbocycles. The first-order chi connectivity index (χ1) is 12.9. The lowest BCUT2D eigenvalue weighted by Crippen LogP contribution is -2.24. The van der Waals surface area contributed by atoms with Crippen molar-refractivity contribution in [3.05, 3.63) is 64.8 Å². The van der Waals surface area contributed by atoms with Crippen LogP contribution in [0.4, 0.5) is 10.1 Å². The molecule has 1 aromatic heterocycles. The first-order valence-corrected chi connectivity index (χ1v) is 8.90. The van der Waals surface area contributed by atoms with Crippen molar-refractivity contribution in [3.8, 4) is 11.4 Å². The van der Waals surface area contributed by atoms with E-state index in [1.54, 1.807) is 24.0 Å². The normalized spacial score (nSPS) is 17.0. The van der Waals surface area contributed by atoms with Crippen molar-refractivity contribution in [1.82, 2.24) is 10.1 Å². The molecule has 4 rings (SSSR count). The van der Waals surface area contributed by atoms with E-state index in [4.69, 9.17) is 4.52 Å². The van der Waals surface area contributed by atoms with Crippen LogP contribution in [-0.2, 0) is 4.79 Å². The van der Waals surface area contributed by atoms with Crippen LogP contribution in [0.2, 0.25) is 0 Å². The average molecular weight is 365 g/mol. The molecule has 1 unspecified atom stereocenters. The number of anilines is 1. The molecule has 0 radical (unpaired) electrons. The Bertz CT molecular complexity index is 1030. The van der Waals surface area contributed by atoms with Crippen LogP contribution >= 0.6 is 0 Å². The molecular weight excluding hydrogens is 345 g/mol. The number of nitrogens with zero attached hydrogens (tertiary/aromatic N) is 3. The maximum absolute atomic E-state index is 13.9. The predicted octanol–water partition coefficient (Wildman–Crippen LogP) is 4.32. The molecule has 2 aromatic carbocycles. The lowest BCUT2D eigenvalue weighted by Gasteiger charge is -2.16. The van der Waals surface area contributed by atoms with E-state index in [1.807, 2.05) is 32.0 Å². The van der Waals surface area contributed by atoms with Crippen molar-refractivity contribution in [2.24, 2.45) is 0 Å². The fourth-order valence-electron chi connectivity index (χ4n) is 3.36. The Balaban J connectivity index is 1.58. The second-order valence-corrected chi connectivity index (χ2v) is 7.11. The van der Waals surface area contributed by atoms with Crippen molar-refractivity contribution in [1.29, 1.82) is 0 Å². The highest BCUT2D eigenvalue weighted by Gasteiger charge is 2.35. The van der Waals surface area contributed by atoms with Crippen LogP contribution in [0.25, 0.3) is 11.4 Å². The number of rotatable bonds is 3. The van der Waals surface area contributed by atoms with E-state index in [2.05, 4.69) is 10.1 Å². The summed E-state index contributed by atoms with van der Waals surface area (Å²) in [5.74, 6) is 0.370. The number of carbonyl (C=O) groups excluding carboxylic acids is 1. The highest BCUT2D eigenvalue weighted by molar-refractivity contribution is 5.96. The molecular formula is C21H20FN3O2. The zero-order valence-electron chi connectivity index (χ0n) is 15.5. The van der Waals surface area contributed by atoms with Gasteiger partial charge in [0.25, 0.3) is 0 Å². The molecule has 1 fully saturated rings. The monoisotopic (exact) mass is 365 g/mol. The summed E-state index contributed by atoms with van der Waals surface area (Å²) in [4.78, 5) is 18.6. The molecule has 1 saturated heterocycles. The number of aryl methyl sites for hydroxylation is 3. The summed E-state index contributed by atoms with van der Waals surface area (Å²) in [6, 6.07) is 10.9. The van der Waals surface area contributed by atoms with Crippen LogP contribution in [0.5, 0.6) is 0 Å². The summed E-state index contributed by atoms with van der Waals surface area (Å²) in [6.07, 6.45) is 0.268. The zero-order chi connectivity index (χ0) is 19.1. The van der Waals surface area contributed by atoms with Crippen molar-refractivity contribution < 1.29 is 13.7 Å². The number of hydrogen-bond acceptors (Lipinski definition) is 4. The van der Waals surface area contributed by atoms with Crippen LogP contribution in [0.3, 0.4) is 0 Å². The summed E-state index contributed by atoms with van der Waals surface area (Å²) in [5.41, 5.74) is 4.21. The second-order valence-electron chi connectivity index (χ2n) is 7.11. The summed E-state index contributed by atoms with van der Waals surface area (Å²) >= 11 is 0. The maximum atomic E-state index is 13.9. The predicted molar refractivity (Wildman–Crippen MR) is 100 cm³/mol. The highest BCUT2D eigenvalue weighted by atomic mass is 19.1. The van der Waals surface area contributed by atoms with Crippen LogP contribution in [0.15, 0.2) is 40.9 Å². The van der Waals surface area contributed by atoms with Gasteiger partial charge in [0.1, 0.15) is 5.82 Å². The van der Waals surface area contributed by atoms with Crippen LogP contribution in [0.1, 0.15) is 34.9 Å². The van der Waals surface area contributed by atoms with Gasteiger partial charge in [-0.1, -0.05) is 28.9 Å². The second kappa shape index (κ2) is 6.61. The minimum Gasteiger partial charge on any atom is -0.339 e. The lowest BCUT2D eigenvalue weighted by atomic mass is 10.1. The van der Waals surface area contributed by atoms with Crippen molar-refractivity contribution in [3.63, 3.8) is 0 Å². The standard InChI is InChI=1S/C21H20FN3O2/c1-12-4-5-13(2)17(8-12)20-23-21(27-24-20)15-9-19(26)25(11-15)16-7-6-14(3)18(22)10-16/h4-8,10,15H,9,11H2,1-3H3. The van der Waals surface area contributed by atoms with Gasteiger partial charge in [0.05, 0.1) is 5.92 Å². The third-order valence-corrected chi connectivity index (χ3v) is 5.02. The topological polar surface area (TPSA) is 59.2 Å². The first-order valence-electron chi connectivity index (χ1n) is 8.90. The van der Waals surface area contributed by atoms with Gasteiger partial charge in [-0.25, -0.2) is 4.39 Å². The molecule has 3 aromatic rings. The van der Waals surface area contributed by atoms with Gasteiger partial charge in [0.2, 0.25) is 17.6 Å². The van der Waals surface area contributed by atoms with Crippen LogP contribution < -0.4 is 4.90 Å². The van der Waals surface area contributed by atoms with Gasteiger partial charge in [-0.2, -0.15) is 4.98 Å². The number of hydrogen-bond donors (Lipinski definition) is 0. The van der Waals surface area contributed by atoms with Gasteiger partial charge in [-0.05, 0) is 50.1 Å². The Morgan fingerprint density at radius 1 is 1.11 bits per heavy atom. The summed E-state index contributed by atoms with van der Waals surface area (Å²) in [6.45, 7) is 6.10. The molecule has 1 aliphatic rings. The maximum Gasteiger partial charge on any atom is 0.232 e. The number of benzene rings is 2. The van der Waals surface area contributed by atoms with Crippen molar-refractivity contribution in [2.75, 3.05) is 11.4 Å². The average Bonchev–Trinajstić information content (AvgIpc) is 3.26. The molecule has 0 spiro atoms. The SMILES string of the molecule is Cc1ccc(C)c(-c2noc(C3CC(=O)N(c4ccc(C)c(F)c4)C3)n2)c1. The molecule has 0 saturated carbocycles. The summed E-state index contributed by atoms with van der Waals surface area (Å²) in [7, 11) is 0. The van der Waals surface area contributed by atoms with E-state index in [-0.39, 0.29) is 24.1 Å². The first kappa shape index (κ1) is 17.4. The molecule has 1 atom stereocenters. The van der Waals surface area contributed by atoms with Crippen LogP contribution in [0, 0.1) is 26.6 Å². The minimum atomic E-state index is -0.321. The molecule has 6 heteroatoms. The van der Waals surface area contributed by atoms with Gasteiger partial charge in [0, 0.05) is 24.2 Å². The van der Waals surface area contributed by atoms with E-state index in [1.165, 1.54) is 6.07 Å². The van der Waals surface area contributed by atoms with E-state index < -0.39 is 0 Å². The van der Waals surface area contributed by atoms with Gasteiger partial charge in [-0.3, -0.25) is 4.79 Å². The van der Waals surface area contributed by atoms with E-state index in [0.29, 0.717) is 29.5 Å². The number of aromatic nitrogens is 2. The molecule has 2 heterocycles. The zero-order valence-corrected chi connectivity index (χ0v) is 15.5. The highest BCUT2D eigenvalue weighted by Crippen LogP contribution is 2.33. The largest absolute Gasteiger partial charge is 0.339 e. The Labute approximate surface area is 156 Å². The summed E-state index contributed by atoms with van der Waals surface area (Å²) < 4.78 is 19.3. The number of carbonyl (C=O) groups is 1. The molecule has 1 aliphatic heterocycles. The quantitative estimate of drug-likeness (QED) is 0.693.